The fourth-order valence-corrected chi connectivity index (χ4v) is 1.71. The van der Waals surface area contributed by atoms with Crippen LogP contribution in [0.5, 0.6) is 0 Å². The first-order valence-corrected chi connectivity index (χ1v) is 5.28. The maximum absolute atomic E-state index is 12.9. The fourth-order valence-electron chi connectivity index (χ4n) is 1.71. The van der Waals surface area contributed by atoms with Gasteiger partial charge in [-0.15, -0.1) is 0 Å². The molecule has 0 bridgehead atoms. The third-order valence-corrected chi connectivity index (χ3v) is 2.70. The Bertz CT molecular complexity index is 605. The highest BCUT2D eigenvalue weighted by atomic mass is 19.1. The van der Waals surface area contributed by atoms with E-state index in [0.29, 0.717) is 12.2 Å². The monoisotopic (exact) mass is 232 g/mol. The van der Waals surface area contributed by atoms with Crippen LogP contribution in [0.1, 0.15) is 11.3 Å². The number of hydrogen-bond donors (Lipinski definition) is 1. The van der Waals surface area contributed by atoms with Crippen molar-refractivity contribution in [3.05, 3.63) is 63.8 Å². The molecule has 2 rings (SSSR count). The zero-order valence-corrected chi connectivity index (χ0v) is 9.48. The van der Waals surface area contributed by atoms with Crippen LogP contribution in [-0.2, 0) is 6.54 Å². The third kappa shape index (κ3) is 2.36. The van der Waals surface area contributed by atoms with E-state index < -0.39 is 0 Å². The molecule has 0 saturated carbocycles. The summed E-state index contributed by atoms with van der Waals surface area (Å²) in [7, 11) is 0. The summed E-state index contributed by atoms with van der Waals surface area (Å²) in [6.07, 6.45) is 0. The number of nitrogens with two attached hydrogens (primary N) is 1. The number of anilines is 1. The molecule has 0 amide bonds. The Morgan fingerprint density at radius 2 is 2.06 bits per heavy atom. The van der Waals surface area contributed by atoms with Gasteiger partial charge < -0.3 is 10.3 Å². The quantitative estimate of drug-likeness (QED) is 0.804. The minimum atomic E-state index is -0.372. The number of nitrogen functional groups attached to an aromatic ring is 1. The maximum Gasteiger partial charge on any atom is 0.251 e. The van der Waals surface area contributed by atoms with Gasteiger partial charge in [0, 0.05) is 17.4 Å². The lowest BCUT2D eigenvalue weighted by Crippen LogP contribution is -2.21. The molecule has 2 aromatic rings. The smallest absolute Gasteiger partial charge is 0.251 e. The summed E-state index contributed by atoms with van der Waals surface area (Å²) in [5.74, 6) is -0.372. The van der Waals surface area contributed by atoms with Crippen LogP contribution in [0.3, 0.4) is 0 Å². The first kappa shape index (κ1) is 11.4. The Kier molecular flexibility index (Phi) is 2.95. The topological polar surface area (TPSA) is 48.0 Å². The standard InChI is InChI=1S/C13H13FN2O/c1-9-3-2-4-13(17)16(9)8-10-5-6-11(14)7-12(10)15/h2-7H,8,15H2,1H3. The molecule has 0 aliphatic heterocycles. The maximum atomic E-state index is 12.9. The molecule has 0 spiro atoms. The summed E-state index contributed by atoms with van der Waals surface area (Å²) in [6, 6.07) is 9.26. The molecule has 3 nitrogen and oxygen atoms in total. The first-order chi connectivity index (χ1) is 8.08. The van der Waals surface area contributed by atoms with Gasteiger partial charge in [-0.05, 0) is 30.7 Å². The van der Waals surface area contributed by atoms with Crippen LogP contribution in [-0.4, -0.2) is 4.57 Å². The second kappa shape index (κ2) is 4.41. The summed E-state index contributed by atoms with van der Waals surface area (Å²) >= 11 is 0. The molecule has 17 heavy (non-hydrogen) atoms. The van der Waals surface area contributed by atoms with Crippen LogP contribution in [0.2, 0.25) is 0 Å². The highest BCUT2D eigenvalue weighted by Crippen LogP contribution is 2.14. The number of benzene rings is 1. The molecule has 0 unspecified atom stereocenters. The Morgan fingerprint density at radius 1 is 1.29 bits per heavy atom. The normalized spacial score (nSPS) is 10.5. The number of aryl methyl sites for hydroxylation is 1. The van der Waals surface area contributed by atoms with E-state index in [1.54, 1.807) is 16.7 Å². The predicted octanol–water partition coefficient (Wildman–Crippen LogP) is 1.93. The summed E-state index contributed by atoms with van der Waals surface area (Å²) in [5.41, 5.74) is 7.57. The van der Waals surface area contributed by atoms with Crippen molar-refractivity contribution < 1.29 is 4.39 Å². The lowest BCUT2D eigenvalue weighted by molar-refractivity contribution is 0.626. The average Bonchev–Trinajstić information content (AvgIpc) is 2.26. The first-order valence-electron chi connectivity index (χ1n) is 5.28. The molecule has 0 fully saturated rings. The van der Waals surface area contributed by atoms with Crippen molar-refractivity contribution in [3.63, 3.8) is 0 Å². The highest BCUT2D eigenvalue weighted by molar-refractivity contribution is 5.47. The molecule has 0 aliphatic rings. The summed E-state index contributed by atoms with van der Waals surface area (Å²) in [4.78, 5) is 11.7. The lowest BCUT2D eigenvalue weighted by Gasteiger charge is -2.11. The molecular formula is C13H13FN2O. The molecule has 0 saturated heterocycles. The second-order valence-electron chi connectivity index (χ2n) is 3.93. The SMILES string of the molecule is Cc1cccc(=O)n1Cc1ccc(F)cc1N. The van der Waals surface area contributed by atoms with E-state index in [0.717, 1.165) is 11.3 Å². The van der Waals surface area contributed by atoms with Crippen LogP contribution in [0.4, 0.5) is 10.1 Å². The van der Waals surface area contributed by atoms with E-state index in [4.69, 9.17) is 5.73 Å². The van der Waals surface area contributed by atoms with Crippen molar-refractivity contribution in [1.82, 2.24) is 4.57 Å². The Hall–Kier alpha value is -2.10. The Balaban J connectivity index is 2.42. The van der Waals surface area contributed by atoms with E-state index in [2.05, 4.69) is 0 Å². The van der Waals surface area contributed by atoms with Gasteiger partial charge in [-0.2, -0.15) is 0 Å². The number of halogens is 1. The zero-order valence-electron chi connectivity index (χ0n) is 9.48. The summed E-state index contributed by atoms with van der Waals surface area (Å²) < 4.78 is 14.5. The molecule has 4 heteroatoms. The highest BCUT2D eigenvalue weighted by Gasteiger charge is 2.04. The van der Waals surface area contributed by atoms with Crippen molar-refractivity contribution in [2.45, 2.75) is 13.5 Å². The number of aromatic nitrogens is 1. The van der Waals surface area contributed by atoms with Crippen LogP contribution < -0.4 is 11.3 Å². The van der Waals surface area contributed by atoms with Crippen LogP contribution in [0.25, 0.3) is 0 Å². The molecule has 0 aliphatic carbocycles. The number of hydrogen-bond acceptors (Lipinski definition) is 2. The number of rotatable bonds is 2. The van der Waals surface area contributed by atoms with Gasteiger partial charge in [-0.1, -0.05) is 12.1 Å². The minimum absolute atomic E-state index is 0.0891. The van der Waals surface area contributed by atoms with E-state index in [1.165, 1.54) is 18.2 Å². The number of nitrogens with zero attached hydrogens (tertiary/aromatic N) is 1. The summed E-state index contributed by atoms with van der Waals surface area (Å²) in [5, 5.41) is 0. The molecule has 1 aromatic carbocycles. The van der Waals surface area contributed by atoms with Crippen molar-refractivity contribution in [2.75, 3.05) is 5.73 Å². The van der Waals surface area contributed by atoms with Gasteiger partial charge >= 0.3 is 0 Å². The zero-order chi connectivity index (χ0) is 12.4. The molecule has 1 heterocycles. The molecule has 0 atom stereocenters. The van der Waals surface area contributed by atoms with Gasteiger partial charge in [-0.25, -0.2) is 4.39 Å². The van der Waals surface area contributed by atoms with E-state index in [-0.39, 0.29) is 11.4 Å². The Labute approximate surface area is 98.3 Å². The van der Waals surface area contributed by atoms with Crippen molar-refractivity contribution >= 4 is 5.69 Å². The molecule has 1 aromatic heterocycles. The average molecular weight is 232 g/mol. The Morgan fingerprint density at radius 3 is 2.71 bits per heavy atom. The molecule has 2 N–H and O–H groups in total. The van der Waals surface area contributed by atoms with Crippen molar-refractivity contribution in [1.29, 1.82) is 0 Å². The molecule has 88 valence electrons. The van der Waals surface area contributed by atoms with E-state index in [1.807, 2.05) is 13.0 Å². The molecule has 0 radical (unpaired) electrons. The lowest BCUT2D eigenvalue weighted by atomic mass is 10.1. The summed E-state index contributed by atoms with van der Waals surface area (Å²) in [6.45, 7) is 2.21. The van der Waals surface area contributed by atoms with E-state index in [9.17, 15) is 9.18 Å². The van der Waals surface area contributed by atoms with Gasteiger partial charge in [-0.3, -0.25) is 4.79 Å². The van der Waals surface area contributed by atoms with Crippen LogP contribution >= 0.6 is 0 Å². The minimum Gasteiger partial charge on any atom is -0.398 e. The van der Waals surface area contributed by atoms with Gasteiger partial charge in [0.1, 0.15) is 5.82 Å². The van der Waals surface area contributed by atoms with E-state index >= 15 is 0 Å². The third-order valence-electron chi connectivity index (χ3n) is 2.70. The van der Waals surface area contributed by atoms with Crippen molar-refractivity contribution in [3.8, 4) is 0 Å². The largest absolute Gasteiger partial charge is 0.398 e. The fraction of sp³-hybridized carbons (Fsp3) is 0.154. The van der Waals surface area contributed by atoms with Gasteiger partial charge in [0.15, 0.2) is 0 Å². The van der Waals surface area contributed by atoms with Gasteiger partial charge in [0.25, 0.3) is 5.56 Å². The molecular weight excluding hydrogens is 219 g/mol. The van der Waals surface area contributed by atoms with Gasteiger partial charge in [0.05, 0.1) is 6.54 Å². The van der Waals surface area contributed by atoms with Crippen LogP contribution in [0.15, 0.2) is 41.2 Å². The predicted molar refractivity (Wildman–Crippen MR) is 65.4 cm³/mol. The second-order valence-corrected chi connectivity index (χ2v) is 3.93. The number of pyridine rings is 1. The van der Waals surface area contributed by atoms with Gasteiger partial charge in [0.2, 0.25) is 0 Å². The van der Waals surface area contributed by atoms with Crippen LogP contribution in [0, 0.1) is 12.7 Å². The van der Waals surface area contributed by atoms with Crippen molar-refractivity contribution in [2.24, 2.45) is 0 Å².